The molecule has 0 saturated carbocycles. The fraction of sp³-hybridized carbons (Fsp3) is 1.00. The van der Waals surface area contributed by atoms with E-state index in [0.29, 0.717) is 5.92 Å². The van der Waals surface area contributed by atoms with Crippen molar-refractivity contribution < 1.29 is 14.6 Å². The highest BCUT2D eigenvalue weighted by Gasteiger charge is 2.25. The Kier molecular flexibility index (Phi) is 9.44. The van der Waals surface area contributed by atoms with Crippen molar-refractivity contribution in [2.45, 2.75) is 57.9 Å². The Morgan fingerprint density at radius 3 is 2.65 bits per heavy atom. The summed E-state index contributed by atoms with van der Waals surface area (Å²) in [6, 6.07) is 0. The second kappa shape index (κ2) is 10.6. The molecule has 0 aromatic heterocycles. The molecule has 1 saturated heterocycles. The molecule has 0 radical (unpaired) electrons. The van der Waals surface area contributed by atoms with Gasteiger partial charge in [-0.2, -0.15) is 0 Å². The largest absolute Gasteiger partial charge is 0.394 e. The number of aliphatic hydroxyl groups excluding tert-OH is 1. The number of nitrogens with one attached hydrogen (secondary N) is 1. The van der Waals surface area contributed by atoms with E-state index in [2.05, 4.69) is 19.2 Å². The van der Waals surface area contributed by atoms with E-state index in [9.17, 15) is 5.11 Å². The van der Waals surface area contributed by atoms with E-state index >= 15 is 0 Å². The van der Waals surface area contributed by atoms with E-state index in [-0.39, 0.29) is 12.1 Å². The first-order valence-corrected chi connectivity index (χ1v) is 8.27. The van der Waals surface area contributed by atoms with Gasteiger partial charge in [0.2, 0.25) is 0 Å². The van der Waals surface area contributed by atoms with Crippen LogP contribution in [-0.2, 0) is 9.47 Å². The third-order valence-electron chi connectivity index (χ3n) is 4.37. The molecule has 0 spiro atoms. The third kappa shape index (κ3) is 6.53. The van der Waals surface area contributed by atoms with Crippen molar-refractivity contribution in [2.24, 2.45) is 5.92 Å². The number of ether oxygens (including phenoxy) is 2. The Labute approximate surface area is 124 Å². The summed E-state index contributed by atoms with van der Waals surface area (Å²) in [7, 11) is 0. The molecule has 1 unspecified atom stereocenters. The molecule has 1 aliphatic heterocycles. The molecule has 4 heteroatoms. The molecule has 2 N–H and O–H groups in total. The molecule has 1 aliphatic rings. The van der Waals surface area contributed by atoms with Crippen LogP contribution in [-0.4, -0.2) is 50.2 Å². The smallest absolute Gasteiger partial charge is 0.0613 e. The minimum Gasteiger partial charge on any atom is -0.394 e. The first-order valence-electron chi connectivity index (χ1n) is 8.27. The summed E-state index contributed by atoms with van der Waals surface area (Å²) in [4.78, 5) is 0. The van der Waals surface area contributed by atoms with Crippen LogP contribution in [0.15, 0.2) is 0 Å². The van der Waals surface area contributed by atoms with Crippen LogP contribution < -0.4 is 5.32 Å². The standard InChI is InChI=1S/C16H33NO3/c1-3-9-17-16(4-2,14-18)8-5-10-20-13-15-6-11-19-12-7-15/h15,17-18H,3-14H2,1-2H3. The number of rotatable bonds is 11. The Morgan fingerprint density at radius 2 is 2.05 bits per heavy atom. The summed E-state index contributed by atoms with van der Waals surface area (Å²) in [6.07, 6.45) is 6.31. The molecule has 0 aromatic rings. The molecule has 0 bridgehead atoms. The quantitative estimate of drug-likeness (QED) is 0.573. The lowest BCUT2D eigenvalue weighted by Crippen LogP contribution is -2.48. The molecule has 1 fully saturated rings. The fourth-order valence-electron chi connectivity index (χ4n) is 2.70. The molecule has 1 rings (SSSR count). The van der Waals surface area contributed by atoms with Crippen LogP contribution >= 0.6 is 0 Å². The topological polar surface area (TPSA) is 50.7 Å². The highest BCUT2D eigenvalue weighted by molar-refractivity contribution is 4.85. The van der Waals surface area contributed by atoms with Gasteiger partial charge >= 0.3 is 0 Å². The maximum Gasteiger partial charge on any atom is 0.0613 e. The van der Waals surface area contributed by atoms with Gasteiger partial charge in [0.1, 0.15) is 0 Å². The van der Waals surface area contributed by atoms with Crippen LogP contribution in [0.3, 0.4) is 0 Å². The SMILES string of the molecule is CCCNC(CC)(CO)CCCOCC1CCOCC1. The van der Waals surface area contributed by atoms with Crippen LogP contribution in [0.2, 0.25) is 0 Å². The van der Waals surface area contributed by atoms with Crippen molar-refractivity contribution in [3.8, 4) is 0 Å². The van der Waals surface area contributed by atoms with Crippen molar-refractivity contribution in [1.29, 1.82) is 0 Å². The van der Waals surface area contributed by atoms with Gasteiger partial charge in [0.15, 0.2) is 0 Å². The molecule has 1 atom stereocenters. The van der Waals surface area contributed by atoms with Crippen molar-refractivity contribution >= 4 is 0 Å². The van der Waals surface area contributed by atoms with Crippen LogP contribution in [0.1, 0.15) is 52.4 Å². The van der Waals surface area contributed by atoms with Gasteiger partial charge in [0.25, 0.3) is 0 Å². The zero-order valence-corrected chi connectivity index (χ0v) is 13.3. The molecule has 0 aliphatic carbocycles. The van der Waals surface area contributed by atoms with Crippen LogP contribution in [0.5, 0.6) is 0 Å². The fourth-order valence-corrected chi connectivity index (χ4v) is 2.70. The van der Waals surface area contributed by atoms with E-state index in [1.165, 1.54) is 0 Å². The summed E-state index contributed by atoms with van der Waals surface area (Å²) in [5, 5.41) is 13.1. The third-order valence-corrected chi connectivity index (χ3v) is 4.37. The monoisotopic (exact) mass is 287 g/mol. The summed E-state index contributed by atoms with van der Waals surface area (Å²) in [6.45, 7) is 8.91. The summed E-state index contributed by atoms with van der Waals surface area (Å²) >= 11 is 0. The Morgan fingerprint density at radius 1 is 1.30 bits per heavy atom. The Bertz CT molecular complexity index is 226. The van der Waals surface area contributed by atoms with Crippen molar-refractivity contribution in [2.75, 3.05) is 39.6 Å². The van der Waals surface area contributed by atoms with Gasteiger partial charge in [-0.25, -0.2) is 0 Å². The minimum atomic E-state index is -0.113. The van der Waals surface area contributed by atoms with Crippen molar-refractivity contribution in [3.63, 3.8) is 0 Å². The van der Waals surface area contributed by atoms with Gasteiger partial charge in [0.05, 0.1) is 6.61 Å². The average molecular weight is 287 g/mol. The minimum absolute atomic E-state index is 0.113. The van der Waals surface area contributed by atoms with Gasteiger partial charge in [0, 0.05) is 32.0 Å². The van der Waals surface area contributed by atoms with E-state index in [4.69, 9.17) is 9.47 Å². The Balaban J connectivity index is 2.13. The summed E-state index contributed by atoms with van der Waals surface area (Å²) in [5.74, 6) is 0.677. The maximum absolute atomic E-state index is 9.65. The van der Waals surface area contributed by atoms with E-state index in [1.807, 2.05) is 0 Å². The van der Waals surface area contributed by atoms with E-state index < -0.39 is 0 Å². The predicted octanol–water partition coefficient (Wildman–Crippen LogP) is 2.35. The lowest BCUT2D eigenvalue weighted by atomic mass is 9.91. The van der Waals surface area contributed by atoms with Crippen LogP contribution in [0.4, 0.5) is 0 Å². The van der Waals surface area contributed by atoms with Gasteiger partial charge in [-0.05, 0) is 51.0 Å². The second-order valence-electron chi connectivity index (χ2n) is 5.95. The van der Waals surface area contributed by atoms with Gasteiger partial charge in [-0.15, -0.1) is 0 Å². The maximum atomic E-state index is 9.65. The van der Waals surface area contributed by atoms with Crippen LogP contribution in [0, 0.1) is 5.92 Å². The van der Waals surface area contributed by atoms with Gasteiger partial charge < -0.3 is 19.9 Å². The second-order valence-corrected chi connectivity index (χ2v) is 5.95. The summed E-state index contributed by atoms with van der Waals surface area (Å²) < 4.78 is 11.1. The molecule has 0 amide bonds. The van der Waals surface area contributed by atoms with E-state index in [0.717, 1.165) is 71.5 Å². The average Bonchev–Trinajstić information content (AvgIpc) is 2.51. The van der Waals surface area contributed by atoms with E-state index in [1.54, 1.807) is 0 Å². The number of hydrogen-bond acceptors (Lipinski definition) is 4. The lowest BCUT2D eigenvalue weighted by Gasteiger charge is -2.32. The summed E-state index contributed by atoms with van der Waals surface area (Å²) in [5.41, 5.74) is -0.113. The molecule has 1 heterocycles. The molecule has 120 valence electrons. The highest BCUT2D eigenvalue weighted by atomic mass is 16.5. The zero-order chi connectivity index (χ0) is 14.7. The first kappa shape index (κ1) is 17.9. The van der Waals surface area contributed by atoms with Crippen molar-refractivity contribution in [1.82, 2.24) is 5.32 Å². The normalized spacial score (nSPS) is 19.9. The Hall–Kier alpha value is -0.160. The first-order chi connectivity index (χ1) is 9.76. The van der Waals surface area contributed by atoms with Crippen molar-refractivity contribution in [3.05, 3.63) is 0 Å². The molecule has 20 heavy (non-hydrogen) atoms. The number of aliphatic hydroxyl groups is 1. The molecular weight excluding hydrogens is 254 g/mol. The predicted molar refractivity (Wildman–Crippen MR) is 82.0 cm³/mol. The molecule has 0 aromatic carbocycles. The molecular formula is C16H33NO3. The van der Waals surface area contributed by atoms with Gasteiger partial charge in [-0.3, -0.25) is 0 Å². The highest BCUT2D eigenvalue weighted by Crippen LogP contribution is 2.18. The molecule has 4 nitrogen and oxygen atoms in total. The van der Waals surface area contributed by atoms with Gasteiger partial charge in [-0.1, -0.05) is 13.8 Å². The lowest BCUT2D eigenvalue weighted by molar-refractivity contribution is 0.0176. The number of hydrogen-bond donors (Lipinski definition) is 2. The van der Waals surface area contributed by atoms with Crippen LogP contribution in [0.25, 0.3) is 0 Å². The zero-order valence-electron chi connectivity index (χ0n) is 13.3.